The summed E-state index contributed by atoms with van der Waals surface area (Å²) in [5.41, 5.74) is 0. The normalized spacial score (nSPS) is 12.8. The summed E-state index contributed by atoms with van der Waals surface area (Å²) < 4.78 is 51.4. The molecule has 0 saturated carbocycles. The summed E-state index contributed by atoms with van der Waals surface area (Å²) in [6.07, 6.45) is 0.326. The van der Waals surface area contributed by atoms with Crippen LogP contribution in [0.5, 0.6) is 0 Å². The van der Waals surface area contributed by atoms with Crippen LogP contribution in [0, 0.1) is 0 Å². The second-order valence-corrected chi connectivity index (χ2v) is 7.81. The Labute approximate surface area is 121 Å². The SMILES string of the molecule is CCO[Si](F)(CCCOP(=O)(OCC)OCC)OCC. The summed E-state index contributed by atoms with van der Waals surface area (Å²) in [4.78, 5) is 0. The minimum atomic E-state index is -3.63. The fourth-order valence-corrected chi connectivity index (χ4v) is 4.51. The Bertz CT molecular complexity index is 278. The van der Waals surface area contributed by atoms with Crippen LogP contribution in [0.1, 0.15) is 34.1 Å². The van der Waals surface area contributed by atoms with Crippen LogP contribution in [-0.2, 0) is 27.0 Å². The topological polar surface area (TPSA) is 63.2 Å². The van der Waals surface area contributed by atoms with Gasteiger partial charge in [-0.05, 0) is 34.1 Å². The first-order valence-corrected chi connectivity index (χ1v) is 10.3. The van der Waals surface area contributed by atoms with Crippen LogP contribution < -0.4 is 0 Å². The lowest BCUT2D eigenvalue weighted by Crippen LogP contribution is -2.37. The molecule has 0 aromatic heterocycles. The van der Waals surface area contributed by atoms with Gasteiger partial charge >= 0.3 is 16.7 Å². The van der Waals surface area contributed by atoms with Crippen molar-refractivity contribution in [1.82, 2.24) is 0 Å². The highest BCUT2D eigenvalue weighted by molar-refractivity contribution is 7.48. The van der Waals surface area contributed by atoms with Crippen LogP contribution in [-0.4, -0.2) is 41.9 Å². The molecule has 0 rings (SSSR count). The Kier molecular flexibility index (Phi) is 10.9. The Hall–Kier alpha value is 0.177. The van der Waals surface area contributed by atoms with Gasteiger partial charge in [-0.15, -0.1) is 0 Å². The third-order valence-electron chi connectivity index (χ3n) is 2.16. The third kappa shape index (κ3) is 8.46. The van der Waals surface area contributed by atoms with Crippen molar-refractivity contribution in [3.05, 3.63) is 0 Å². The summed E-state index contributed by atoms with van der Waals surface area (Å²) in [6, 6.07) is 0.118. The van der Waals surface area contributed by atoms with Gasteiger partial charge in [-0.2, -0.15) is 0 Å². The smallest absolute Gasteiger partial charge is 0.371 e. The Balaban J connectivity index is 4.17. The van der Waals surface area contributed by atoms with Crippen molar-refractivity contribution >= 4 is 16.7 Å². The standard InChI is InChI=1S/C11H26FO6PSi/c1-5-14-19(13,15-6-2)16-10-9-11-20(12,17-7-3)18-8-4/h5-11H2,1-4H3. The Morgan fingerprint density at radius 1 is 0.900 bits per heavy atom. The van der Waals surface area contributed by atoms with Crippen molar-refractivity contribution in [2.75, 3.05) is 33.0 Å². The van der Waals surface area contributed by atoms with E-state index < -0.39 is 16.7 Å². The van der Waals surface area contributed by atoms with Gasteiger partial charge in [-0.3, -0.25) is 13.6 Å². The van der Waals surface area contributed by atoms with E-state index in [2.05, 4.69) is 0 Å². The maximum absolute atomic E-state index is 14.2. The molecule has 0 N–H and O–H groups in total. The summed E-state index contributed by atoms with van der Waals surface area (Å²) in [7, 11) is -7.15. The molecule has 6 nitrogen and oxygen atoms in total. The minimum Gasteiger partial charge on any atom is -0.371 e. The molecule has 0 bridgehead atoms. The third-order valence-corrected chi connectivity index (χ3v) is 6.20. The maximum Gasteiger partial charge on any atom is 0.540 e. The fraction of sp³-hybridized carbons (Fsp3) is 1.00. The molecule has 0 fully saturated rings. The number of hydrogen-bond donors (Lipinski definition) is 0. The molecule has 0 radical (unpaired) electrons. The first-order valence-electron chi connectivity index (χ1n) is 6.95. The van der Waals surface area contributed by atoms with Gasteiger partial charge in [0, 0.05) is 19.3 Å². The van der Waals surface area contributed by atoms with Gasteiger partial charge in [0.25, 0.3) is 0 Å². The van der Waals surface area contributed by atoms with Gasteiger partial charge in [0.05, 0.1) is 19.8 Å². The highest BCUT2D eigenvalue weighted by Gasteiger charge is 2.38. The van der Waals surface area contributed by atoms with E-state index in [1.807, 2.05) is 0 Å². The van der Waals surface area contributed by atoms with E-state index >= 15 is 0 Å². The molecule has 0 unspecified atom stereocenters. The molecular weight excluding hydrogens is 306 g/mol. The van der Waals surface area contributed by atoms with Crippen LogP contribution in [0.4, 0.5) is 4.11 Å². The van der Waals surface area contributed by atoms with E-state index in [0.717, 1.165) is 0 Å². The van der Waals surface area contributed by atoms with Crippen LogP contribution >= 0.6 is 7.82 Å². The second kappa shape index (κ2) is 10.8. The molecule has 0 aliphatic heterocycles. The highest BCUT2D eigenvalue weighted by Crippen LogP contribution is 2.49. The summed E-state index contributed by atoms with van der Waals surface area (Å²) in [6.45, 7) is 7.85. The largest absolute Gasteiger partial charge is 0.540 e. The Morgan fingerprint density at radius 2 is 1.40 bits per heavy atom. The molecule has 0 spiro atoms. The van der Waals surface area contributed by atoms with Crippen molar-refractivity contribution < 1.29 is 31.1 Å². The molecule has 0 aromatic carbocycles. The summed E-state index contributed by atoms with van der Waals surface area (Å²) in [5, 5.41) is 0. The van der Waals surface area contributed by atoms with Crippen molar-refractivity contribution in [3.8, 4) is 0 Å². The van der Waals surface area contributed by atoms with Crippen LogP contribution in [0.2, 0.25) is 6.04 Å². The Morgan fingerprint density at radius 3 is 1.80 bits per heavy atom. The van der Waals surface area contributed by atoms with E-state index in [9.17, 15) is 8.67 Å². The molecule has 0 amide bonds. The molecule has 0 atom stereocenters. The van der Waals surface area contributed by atoms with Crippen molar-refractivity contribution in [3.63, 3.8) is 0 Å². The lowest BCUT2D eigenvalue weighted by Gasteiger charge is -2.21. The molecule has 0 heterocycles. The molecular formula is C11H26FO6PSi. The first kappa shape index (κ1) is 20.2. The summed E-state index contributed by atoms with van der Waals surface area (Å²) >= 11 is 0. The maximum atomic E-state index is 14.2. The minimum absolute atomic E-state index is 0.0656. The average molecular weight is 332 g/mol. The van der Waals surface area contributed by atoms with E-state index in [0.29, 0.717) is 6.42 Å². The van der Waals surface area contributed by atoms with Gasteiger partial charge in [0.1, 0.15) is 0 Å². The molecule has 122 valence electrons. The van der Waals surface area contributed by atoms with E-state index in [1.165, 1.54) is 0 Å². The number of halogens is 1. The number of phosphoric acid groups is 1. The molecule has 0 saturated heterocycles. The van der Waals surface area contributed by atoms with Gasteiger partial charge in [0.15, 0.2) is 0 Å². The predicted octanol–water partition coefficient (Wildman–Crippen LogP) is 3.56. The first-order chi connectivity index (χ1) is 9.45. The lowest BCUT2D eigenvalue weighted by atomic mass is 10.5. The van der Waals surface area contributed by atoms with Crippen LogP contribution in [0.25, 0.3) is 0 Å². The summed E-state index contributed by atoms with van der Waals surface area (Å²) in [5.74, 6) is 0. The van der Waals surface area contributed by atoms with E-state index in [4.69, 9.17) is 22.4 Å². The van der Waals surface area contributed by atoms with Crippen molar-refractivity contribution in [2.45, 2.75) is 40.2 Å². The van der Waals surface area contributed by atoms with E-state index in [1.54, 1.807) is 27.7 Å². The quantitative estimate of drug-likeness (QED) is 0.222. The van der Waals surface area contributed by atoms with Crippen molar-refractivity contribution in [2.24, 2.45) is 0 Å². The van der Waals surface area contributed by atoms with Gasteiger partial charge in [-0.1, -0.05) is 0 Å². The monoisotopic (exact) mass is 332 g/mol. The zero-order chi connectivity index (χ0) is 15.5. The zero-order valence-electron chi connectivity index (χ0n) is 12.7. The van der Waals surface area contributed by atoms with Crippen LogP contribution in [0.3, 0.4) is 0 Å². The molecule has 20 heavy (non-hydrogen) atoms. The van der Waals surface area contributed by atoms with Gasteiger partial charge < -0.3 is 8.85 Å². The van der Waals surface area contributed by atoms with Crippen molar-refractivity contribution in [1.29, 1.82) is 0 Å². The zero-order valence-corrected chi connectivity index (χ0v) is 14.6. The fourth-order valence-electron chi connectivity index (χ4n) is 1.50. The second-order valence-electron chi connectivity index (χ2n) is 3.75. The van der Waals surface area contributed by atoms with Gasteiger partial charge in [0.2, 0.25) is 0 Å². The number of rotatable bonds is 13. The lowest BCUT2D eigenvalue weighted by molar-refractivity contribution is 0.115. The van der Waals surface area contributed by atoms with Crippen LogP contribution in [0.15, 0.2) is 0 Å². The predicted molar refractivity (Wildman–Crippen MR) is 76.3 cm³/mol. The molecule has 0 aliphatic rings. The number of hydrogen-bond acceptors (Lipinski definition) is 6. The molecule has 9 heteroatoms. The average Bonchev–Trinajstić information content (AvgIpc) is 2.36. The molecule has 0 aliphatic carbocycles. The molecule has 0 aromatic rings. The number of phosphoric ester groups is 1. The van der Waals surface area contributed by atoms with Gasteiger partial charge in [-0.25, -0.2) is 8.67 Å². The van der Waals surface area contributed by atoms with E-state index in [-0.39, 0.29) is 39.1 Å². The highest BCUT2D eigenvalue weighted by atomic mass is 31.2.